The molecule has 9 heteroatoms. The first-order chi connectivity index (χ1) is 15.7. The maximum Gasteiger partial charge on any atom is 0.267 e. The maximum absolute atomic E-state index is 11.9. The maximum atomic E-state index is 11.9. The minimum atomic E-state index is -4.19. The summed E-state index contributed by atoms with van der Waals surface area (Å²) >= 11 is 0. The zero-order chi connectivity index (χ0) is 24.3. The Morgan fingerprint density at radius 2 is 1.39 bits per heavy atom. The van der Waals surface area contributed by atoms with E-state index in [1.165, 1.54) is 6.92 Å². The summed E-state index contributed by atoms with van der Waals surface area (Å²) in [5.41, 5.74) is 2.92. The minimum Gasteiger partial charge on any atom is -0.493 e. The molecule has 0 amide bonds. The van der Waals surface area contributed by atoms with E-state index < -0.39 is 15.4 Å². The smallest absolute Gasteiger partial charge is 0.267 e. The van der Waals surface area contributed by atoms with Crippen molar-refractivity contribution < 1.29 is 36.7 Å². The van der Waals surface area contributed by atoms with E-state index in [0.717, 1.165) is 16.7 Å². The van der Waals surface area contributed by atoms with Crippen LogP contribution in [0.2, 0.25) is 0 Å². The summed E-state index contributed by atoms with van der Waals surface area (Å²) in [6, 6.07) is 9.60. The third kappa shape index (κ3) is 4.90. The average Bonchev–Trinajstić information content (AvgIpc) is 3.09. The second-order valence-corrected chi connectivity index (χ2v) is 10.0. The van der Waals surface area contributed by atoms with E-state index in [-0.39, 0.29) is 24.2 Å². The van der Waals surface area contributed by atoms with E-state index in [0.29, 0.717) is 29.6 Å². The first kappa shape index (κ1) is 25.1. The Morgan fingerprint density at radius 3 is 1.91 bits per heavy atom. The molecule has 2 aromatic rings. The fourth-order valence-electron chi connectivity index (χ4n) is 4.85. The molecule has 2 aromatic carbocycles. The summed E-state index contributed by atoms with van der Waals surface area (Å²) in [5, 5.41) is -0.938. The van der Waals surface area contributed by atoms with E-state index in [4.69, 9.17) is 23.7 Å². The van der Waals surface area contributed by atoms with E-state index >= 15 is 0 Å². The second-order valence-electron chi connectivity index (χ2n) is 8.22. The highest BCUT2D eigenvalue weighted by molar-refractivity contribution is 7.86. The molecule has 0 saturated carbocycles. The van der Waals surface area contributed by atoms with Gasteiger partial charge in [0.25, 0.3) is 10.1 Å². The minimum absolute atomic E-state index is 0.0934. The SMILES string of the molecule is COCC1C(CC(C)S(=O)(=O)O)c2cc(OC)c(OC)cc2C1c1ccc(OC)c(OC)c1. The fourth-order valence-corrected chi connectivity index (χ4v) is 5.30. The lowest BCUT2D eigenvalue weighted by Crippen LogP contribution is -2.25. The molecule has 1 aliphatic carbocycles. The molecule has 0 bridgehead atoms. The van der Waals surface area contributed by atoms with Crippen LogP contribution < -0.4 is 18.9 Å². The van der Waals surface area contributed by atoms with Crippen LogP contribution in [-0.4, -0.2) is 60.4 Å². The lowest BCUT2D eigenvalue weighted by atomic mass is 9.81. The molecule has 0 aromatic heterocycles. The fraction of sp³-hybridized carbons (Fsp3) is 0.500. The molecule has 182 valence electrons. The largest absolute Gasteiger partial charge is 0.493 e. The van der Waals surface area contributed by atoms with Crippen molar-refractivity contribution in [1.82, 2.24) is 0 Å². The molecule has 0 spiro atoms. The van der Waals surface area contributed by atoms with Crippen molar-refractivity contribution in [2.24, 2.45) is 5.92 Å². The molecule has 0 heterocycles. The van der Waals surface area contributed by atoms with Crippen molar-refractivity contribution in [3.8, 4) is 23.0 Å². The van der Waals surface area contributed by atoms with Crippen LogP contribution in [0.25, 0.3) is 0 Å². The normalized spacial score (nSPS) is 20.8. The Bertz CT molecular complexity index is 1080. The average molecular weight is 481 g/mol. The van der Waals surface area contributed by atoms with Gasteiger partial charge in [-0.05, 0) is 60.2 Å². The number of hydrogen-bond acceptors (Lipinski definition) is 7. The van der Waals surface area contributed by atoms with Gasteiger partial charge in [0.1, 0.15) is 0 Å². The molecule has 4 atom stereocenters. The number of rotatable bonds is 10. The molecule has 8 nitrogen and oxygen atoms in total. The lowest BCUT2D eigenvalue weighted by molar-refractivity contribution is 0.134. The number of hydrogen-bond donors (Lipinski definition) is 1. The van der Waals surface area contributed by atoms with Crippen LogP contribution >= 0.6 is 0 Å². The second kappa shape index (κ2) is 10.2. The van der Waals surface area contributed by atoms with Gasteiger partial charge < -0.3 is 23.7 Å². The quantitative estimate of drug-likeness (QED) is 0.512. The highest BCUT2D eigenvalue weighted by atomic mass is 32.2. The van der Waals surface area contributed by atoms with Crippen LogP contribution in [0.4, 0.5) is 0 Å². The molecular weight excluding hydrogens is 448 g/mol. The monoisotopic (exact) mass is 480 g/mol. The summed E-state index contributed by atoms with van der Waals surface area (Å²) < 4.78 is 61.0. The van der Waals surface area contributed by atoms with Crippen molar-refractivity contribution in [3.63, 3.8) is 0 Å². The zero-order valence-corrected chi connectivity index (χ0v) is 20.6. The molecule has 1 aliphatic rings. The molecule has 33 heavy (non-hydrogen) atoms. The molecule has 3 rings (SSSR count). The van der Waals surface area contributed by atoms with E-state index in [1.807, 2.05) is 30.3 Å². The van der Waals surface area contributed by atoms with E-state index in [2.05, 4.69) is 0 Å². The Balaban J connectivity index is 2.22. The van der Waals surface area contributed by atoms with Gasteiger partial charge in [0, 0.05) is 18.9 Å². The number of benzene rings is 2. The van der Waals surface area contributed by atoms with Crippen molar-refractivity contribution in [3.05, 3.63) is 47.0 Å². The standard InChI is InChI=1S/C24H32O8S/c1-14(33(25,26)27)9-16-17-11-22(31-5)23(32-6)12-18(17)24(19(16)13-28-2)15-7-8-20(29-3)21(10-15)30-4/h7-8,10-12,14,16,19,24H,9,13H2,1-6H3,(H,25,26,27). The Labute approximate surface area is 195 Å². The molecule has 0 aliphatic heterocycles. The topological polar surface area (TPSA) is 101 Å². The van der Waals surface area contributed by atoms with Crippen LogP contribution in [0, 0.1) is 5.92 Å². The molecule has 0 saturated heterocycles. The summed E-state index contributed by atoms with van der Waals surface area (Å²) in [6.07, 6.45) is 0.235. The predicted molar refractivity (Wildman–Crippen MR) is 125 cm³/mol. The molecular formula is C24H32O8S. The van der Waals surface area contributed by atoms with Crippen LogP contribution in [0.1, 0.15) is 41.9 Å². The zero-order valence-electron chi connectivity index (χ0n) is 19.8. The van der Waals surface area contributed by atoms with Gasteiger partial charge in [0.05, 0.1) is 40.3 Å². The van der Waals surface area contributed by atoms with Crippen molar-refractivity contribution in [1.29, 1.82) is 0 Å². The summed E-state index contributed by atoms with van der Waals surface area (Å²) in [5.74, 6) is 1.94. The van der Waals surface area contributed by atoms with Gasteiger partial charge in [-0.15, -0.1) is 0 Å². The van der Waals surface area contributed by atoms with Crippen molar-refractivity contribution >= 4 is 10.1 Å². The Hall–Kier alpha value is -2.49. The van der Waals surface area contributed by atoms with Crippen molar-refractivity contribution in [2.45, 2.75) is 30.4 Å². The molecule has 1 N–H and O–H groups in total. The predicted octanol–water partition coefficient (Wildman–Crippen LogP) is 3.88. The highest BCUT2D eigenvalue weighted by Crippen LogP contribution is 2.55. The van der Waals surface area contributed by atoms with Crippen LogP contribution in [0.5, 0.6) is 23.0 Å². The number of fused-ring (bicyclic) bond motifs is 1. The number of methoxy groups -OCH3 is 5. The highest BCUT2D eigenvalue weighted by Gasteiger charge is 2.44. The summed E-state index contributed by atoms with van der Waals surface area (Å²) in [4.78, 5) is 0. The molecule has 0 radical (unpaired) electrons. The third-order valence-electron chi connectivity index (χ3n) is 6.49. The van der Waals surface area contributed by atoms with Crippen molar-refractivity contribution in [2.75, 3.05) is 42.2 Å². The summed E-state index contributed by atoms with van der Waals surface area (Å²) in [6.45, 7) is 1.91. The van der Waals surface area contributed by atoms with Gasteiger partial charge in [-0.3, -0.25) is 4.55 Å². The van der Waals surface area contributed by atoms with Crippen LogP contribution in [0.3, 0.4) is 0 Å². The van der Waals surface area contributed by atoms with Gasteiger partial charge in [0.15, 0.2) is 23.0 Å². The number of ether oxygens (including phenoxy) is 5. The van der Waals surface area contributed by atoms with Gasteiger partial charge in [-0.1, -0.05) is 6.07 Å². The summed E-state index contributed by atoms with van der Waals surface area (Å²) in [7, 11) is 3.74. The first-order valence-electron chi connectivity index (χ1n) is 10.6. The van der Waals surface area contributed by atoms with Gasteiger partial charge in [-0.25, -0.2) is 0 Å². The van der Waals surface area contributed by atoms with E-state index in [1.54, 1.807) is 35.5 Å². The van der Waals surface area contributed by atoms with Crippen LogP contribution in [0.15, 0.2) is 30.3 Å². The first-order valence-corrected chi connectivity index (χ1v) is 12.1. The molecule has 0 fully saturated rings. The Morgan fingerprint density at radius 1 is 0.848 bits per heavy atom. The molecule has 4 unspecified atom stereocenters. The van der Waals surface area contributed by atoms with Gasteiger partial charge >= 0.3 is 0 Å². The Kier molecular flexibility index (Phi) is 7.76. The van der Waals surface area contributed by atoms with Gasteiger partial charge in [0.2, 0.25) is 0 Å². The van der Waals surface area contributed by atoms with Gasteiger partial charge in [-0.2, -0.15) is 8.42 Å². The van der Waals surface area contributed by atoms with E-state index in [9.17, 15) is 13.0 Å². The van der Waals surface area contributed by atoms with Crippen LogP contribution in [-0.2, 0) is 14.9 Å². The third-order valence-corrected chi connectivity index (χ3v) is 7.70. The lowest BCUT2D eigenvalue weighted by Gasteiger charge is -2.27.